The zero-order chi connectivity index (χ0) is 20.8. The molecule has 0 aliphatic rings. The fourth-order valence-corrected chi connectivity index (χ4v) is 3.53. The highest BCUT2D eigenvalue weighted by Crippen LogP contribution is 2.25. The van der Waals surface area contributed by atoms with Crippen LogP contribution in [-0.2, 0) is 4.79 Å². The van der Waals surface area contributed by atoms with Crippen molar-refractivity contribution < 1.29 is 9.53 Å². The molecule has 2 N–H and O–H groups in total. The Morgan fingerprint density at radius 1 is 1.07 bits per heavy atom. The number of nitrogens with zero attached hydrogens (tertiary/aromatic N) is 2. The number of hydrazone groups is 1. The third-order valence-electron chi connectivity index (χ3n) is 4.25. The number of aryl methyl sites for hydroxylation is 1. The Hall–Kier alpha value is -3.71. The molecule has 4 aromatic rings. The molecule has 0 saturated heterocycles. The molecular weight excluding hydrogens is 396 g/mol. The van der Waals surface area contributed by atoms with Crippen molar-refractivity contribution in [3.05, 3.63) is 83.9 Å². The van der Waals surface area contributed by atoms with E-state index in [9.17, 15) is 4.79 Å². The van der Waals surface area contributed by atoms with Crippen molar-refractivity contribution in [2.75, 3.05) is 17.3 Å². The summed E-state index contributed by atoms with van der Waals surface area (Å²) in [5.74, 6) is 0.412. The molecule has 0 fully saturated rings. The molecule has 1 amide bonds. The van der Waals surface area contributed by atoms with Crippen LogP contribution in [0.2, 0.25) is 0 Å². The van der Waals surface area contributed by atoms with Gasteiger partial charge in [-0.1, -0.05) is 41.2 Å². The van der Waals surface area contributed by atoms with Gasteiger partial charge in [-0.15, -0.1) is 0 Å². The first-order chi connectivity index (χ1) is 14.7. The van der Waals surface area contributed by atoms with Crippen LogP contribution in [-0.4, -0.2) is 23.7 Å². The lowest BCUT2D eigenvalue weighted by Crippen LogP contribution is -2.20. The first-order valence-electron chi connectivity index (χ1n) is 9.40. The first kappa shape index (κ1) is 19.6. The van der Waals surface area contributed by atoms with Crippen molar-refractivity contribution in [2.24, 2.45) is 5.10 Å². The van der Waals surface area contributed by atoms with Gasteiger partial charge in [0.15, 0.2) is 6.61 Å². The van der Waals surface area contributed by atoms with Gasteiger partial charge in [0, 0.05) is 5.69 Å². The van der Waals surface area contributed by atoms with Gasteiger partial charge in [-0.25, -0.2) is 4.98 Å². The molecule has 0 bridgehead atoms. The Balaban J connectivity index is 1.26. The van der Waals surface area contributed by atoms with E-state index in [2.05, 4.69) is 20.8 Å². The molecule has 1 aromatic heterocycles. The molecule has 0 spiro atoms. The fourth-order valence-electron chi connectivity index (χ4n) is 2.72. The molecule has 4 rings (SSSR count). The van der Waals surface area contributed by atoms with Gasteiger partial charge >= 0.3 is 0 Å². The van der Waals surface area contributed by atoms with Crippen LogP contribution in [0, 0.1) is 6.92 Å². The van der Waals surface area contributed by atoms with E-state index in [4.69, 9.17) is 4.74 Å². The van der Waals surface area contributed by atoms with Crippen LogP contribution in [0.5, 0.6) is 5.75 Å². The Labute approximate surface area is 178 Å². The number of carbonyl (C=O) groups is 1. The highest BCUT2D eigenvalue weighted by atomic mass is 32.1. The number of hydrogen-bond donors (Lipinski definition) is 2. The molecule has 0 aliphatic heterocycles. The summed E-state index contributed by atoms with van der Waals surface area (Å²) in [6.07, 6.45) is 1.71. The average molecular weight is 417 g/mol. The zero-order valence-electron chi connectivity index (χ0n) is 16.3. The van der Waals surface area contributed by atoms with Crippen molar-refractivity contribution >= 4 is 44.5 Å². The molecule has 30 heavy (non-hydrogen) atoms. The number of amides is 1. The lowest BCUT2D eigenvalue weighted by molar-refractivity contribution is -0.118. The second kappa shape index (κ2) is 9.19. The number of aromatic nitrogens is 1. The van der Waals surface area contributed by atoms with E-state index in [0.717, 1.165) is 32.2 Å². The quantitative estimate of drug-likeness (QED) is 0.326. The van der Waals surface area contributed by atoms with Gasteiger partial charge in [-0.2, -0.15) is 5.10 Å². The van der Waals surface area contributed by atoms with Crippen molar-refractivity contribution in [3.63, 3.8) is 0 Å². The lowest BCUT2D eigenvalue weighted by Gasteiger charge is -2.08. The standard InChI is InChI=1S/C23H20N4O2S/c1-16-6-10-18(11-7-16)25-22(28)15-29-19-12-8-17(9-13-19)14-24-27-23-26-20-4-2-3-5-21(20)30-23/h2-14H,15H2,1H3,(H,25,28)(H,26,27)/b24-14+. The number of ether oxygens (including phenoxy) is 1. The molecule has 0 aliphatic carbocycles. The molecule has 150 valence electrons. The van der Waals surface area contributed by atoms with Gasteiger partial charge in [0.25, 0.3) is 5.91 Å². The van der Waals surface area contributed by atoms with E-state index >= 15 is 0 Å². The Kier molecular flexibility index (Phi) is 6.01. The first-order valence-corrected chi connectivity index (χ1v) is 10.2. The third kappa shape index (κ3) is 5.21. The van der Waals surface area contributed by atoms with Gasteiger partial charge in [-0.3, -0.25) is 10.2 Å². The number of carbonyl (C=O) groups excluding carboxylic acids is 1. The van der Waals surface area contributed by atoms with Crippen LogP contribution in [0.1, 0.15) is 11.1 Å². The number of benzene rings is 3. The average Bonchev–Trinajstić information content (AvgIpc) is 3.18. The molecule has 0 atom stereocenters. The summed E-state index contributed by atoms with van der Waals surface area (Å²) in [6.45, 7) is 1.95. The van der Waals surface area contributed by atoms with Crippen LogP contribution in [0.4, 0.5) is 10.8 Å². The van der Waals surface area contributed by atoms with E-state index in [1.807, 2.05) is 67.6 Å². The normalized spacial score (nSPS) is 11.0. The van der Waals surface area contributed by atoms with E-state index in [-0.39, 0.29) is 12.5 Å². The number of nitrogens with one attached hydrogen (secondary N) is 2. The lowest BCUT2D eigenvalue weighted by atomic mass is 10.2. The largest absolute Gasteiger partial charge is 0.484 e. The molecule has 7 heteroatoms. The molecule has 0 unspecified atom stereocenters. The SMILES string of the molecule is Cc1ccc(NC(=O)COc2ccc(/C=N/Nc3nc4ccccc4s3)cc2)cc1. The summed E-state index contributed by atoms with van der Waals surface area (Å²) < 4.78 is 6.66. The minimum Gasteiger partial charge on any atom is -0.484 e. The van der Waals surface area contributed by atoms with Gasteiger partial charge in [-0.05, 0) is 61.0 Å². The molecule has 6 nitrogen and oxygen atoms in total. The minimum absolute atomic E-state index is 0.0551. The molecule has 0 radical (unpaired) electrons. The van der Waals surface area contributed by atoms with Crippen LogP contribution in [0.25, 0.3) is 10.2 Å². The number of thiazole rings is 1. The molecule has 0 saturated carbocycles. The van der Waals surface area contributed by atoms with Crippen LogP contribution >= 0.6 is 11.3 Å². The summed E-state index contributed by atoms with van der Waals surface area (Å²) in [6, 6.07) is 22.9. The van der Waals surface area contributed by atoms with Crippen molar-refractivity contribution in [1.29, 1.82) is 0 Å². The highest BCUT2D eigenvalue weighted by Gasteiger charge is 2.04. The summed E-state index contributed by atoms with van der Waals surface area (Å²) in [5, 5.41) is 7.78. The monoisotopic (exact) mass is 416 g/mol. The van der Waals surface area contributed by atoms with E-state index in [1.165, 1.54) is 0 Å². The number of rotatable bonds is 7. The Morgan fingerprint density at radius 3 is 2.60 bits per heavy atom. The maximum Gasteiger partial charge on any atom is 0.262 e. The van der Waals surface area contributed by atoms with Crippen molar-refractivity contribution in [2.45, 2.75) is 6.92 Å². The number of hydrogen-bond acceptors (Lipinski definition) is 6. The Bertz CT molecular complexity index is 1140. The van der Waals surface area contributed by atoms with Gasteiger partial charge in [0.05, 0.1) is 16.4 Å². The summed E-state index contributed by atoms with van der Waals surface area (Å²) in [4.78, 5) is 16.5. The molecule has 1 heterocycles. The summed E-state index contributed by atoms with van der Waals surface area (Å²) in [5.41, 5.74) is 6.70. The number of anilines is 2. The second-order valence-corrected chi connectivity index (χ2v) is 7.66. The Morgan fingerprint density at radius 2 is 1.83 bits per heavy atom. The predicted molar refractivity (Wildman–Crippen MR) is 123 cm³/mol. The van der Waals surface area contributed by atoms with Crippen molar-refractivity contribution in [3.8, 4) is 5.75 Å². The van der Waals surface area contributed by atoms with E-state index in [0.29, 0.717) is 5.75 Å². The maximum absolute atomic E-state index is 12.0. The molecule has 3 aromatic carbocycles. The maximum atomic E-state index is 12.0. The van der Waals surface area contributed by atoms with E-state index in [1.54, 1.807) is 29.7 Å². The van der Waals surface area contributed by atoms with Gasteiger partial charge in [0.1, 0.15) is 5.75 Å². The second-order valence-electron chi connectivity index (χ2n) is 6.63. The van der Waals surface area contributed by atoms with Crippen LogP contribution < -0.4 is 15.5 Å². The predicted octanol–water partition coefficient (Wildman–Crippen LogP) is 5.07. The summed E-state index contributed by atoms with van der Waals surface area (Å²) >= 11 is 1.55. The van der Waals surface area contributed by atoms with Gasteiger partial charge < -0.3 is 10.1 Å². The smallest absolute Gasteiger partial charge is 0.262 e. The third-order valence-corrected chi connectivity index (χ3v) is 5.19. The number of fused-ring (bicyclic) bond motifs is 1. The van der Waals surface area contributed by atoms with E-state index < -0.39 is 0 Å². The minimum atomic E-state index is -0.204. The molecular formula is C23H20N4O2S. The fraction of sp³-hybridized carbons (Fsp3) is 0.0870. The topological polar surface area (TPSA) is 75.6 Å². The van der Waals surface area contributed by atoms with Crippen LogP contribution in [0.3, 0.4) is 0 Å². The van der Waals surface area contributed by atoms with Gasteiger partial charge in [0.2, 0.25) is 5.13 Å². The number of para-hydroxylation sites is 1. The zero-order valence-corrected chi connectivity index (χ0v) is 17.1. The van der Waals surface area contributed by atoms with Crippen LogP contribution in [0.15, 0.2) is 77.9 Å². The summed E-state index contributed by atoms with van der Waals surface area (Å²) in [7, 11) is 0. The van der Waals surface area contributed by atoms with Crippen molar-refractivity contribution in [1.82, 2.24) is 4.98 Å². The highest BCUT2D eigenvalue weighted by molar-refractivity contribution is 7.22.